The van der Waals surface area contributed by atoms with Gasteiger partial charge in [-0.1, -0.05) is 12.1 Å². The van der Waals surface area contributed by atoms with Gasteiger partial charge in [0, 0.05) is 6.54 Å². The highest BCUT2D eigenvalue weighted by atomic mass is 16.4. The lowest BCUT2D eigenvalue weighted by Crippen LogP contribution is -2.39. The molecule has 0 bridgehead atoms. The van der Waals surface area contributed by atoms with E-state index < -0.39 is 30.3 Å². The Morgan fingerprint density at radius 3 is 1.95 bits per heavy atom. The van der Waals surface area contributed by atoms with Crippen LogP contribution in [0.2, 0.25) is 0 Å². The Bertz CT molecular complexity index is 475. The maximum atomic E-state index is 9.77. The molecule has 0 aliphatic rings. The van der Waals surface area contributed by atoms with Gasteiger partial charge in [-0.2, -0.15) is 0 Å². The number of benzene rings is 1. The van der Waals surface area contributed by atoms with Gasteiger partial charge in [0.05, 0.1) is 6.10 Å². The number of phenolic OH excluding ortho intramolecular Hbond substituents is 1. The van der Waals surface area contributed by atoms with E-state index in [4.69, 9.17) is 25.5 Å². The molecule has 0 amide bonds. The number of hydrogen-bond acceptors (Lipinski definition) is 7. The van der Waals surface area contributed by atoms with Crippen LogP contribution in [0.25, 0.3) is 0 Å². The first-order chi connectivity index (χ1) is 10.2. The van der Waals surface area contributed by atoms with Crippen LogP contribution in [-0.2, 0) is 9.59 Å². The summed E-state index contributed by atoms with van der Waals surface area (Å²) in [6.07, 6.45) is -5.09. The minimum Gasteiger partial charge on any atom is -0.508 e. The fraction of sp³-hybridized carbons (Fsp3) is 0.385. The van der Waals surface area contributed by atoms with E-state index in [0.29, 0.717) is 6.54 Å². The van der Waals surface area contributed by atoms with E-state index in [1.165, 1.54) is 0 Å². The van der Waals surface area contributed by atoms with Crippen molar-refractivity contribution in [2.24, 2.45) is 0 Å². The van der Waals surface area contributed by atoms with Gasteiger partial charge < -0.3 is 36.0 Å². The van der Waals surface area contributed by atoms with E-state index in [2.05, 4.69) is 5.32 Å². The van der Waals surface area contributed by atoms with E-state index in [1.54, 1.807) is 31.3 Å². The Morgan fingerprint density at radius 1 is 1.09 bits per heavy atom. The van der Waals surface area contributed by atoms with Crippen LogP contribution in [0.3, 0.4) is 0 Å². The molecule has 0 aromatic heterocycles. The summed E-state index contributed by atoms with van der Waals surface area (Å²) in [6, 6.07) is 6.63. The molecule has 3 atom stereocenters. The third-order valence-electron chi connectivity index (χ3n) is 2.46. The molecule has 0 aliphatic carbocycles. The first-order valence-corrected chi connectivity index (χ1v) is 6.14. The molecule has 1 aromatic carbocycles. The van der Waals surface area contributed by atoms with Crippen LogP contribution < -0.4 is 5.32 Å². The number of aliphatic carboxylic acids is 2. The van der Waals surface area contributed by atoms with Gasteiger partial charge in [0.15, 0.2) is 12.2 Å². The van der Waals surface area contributed by atoms with Crippen LogP contribution in [0.15, 0.2) is 24.3 Å². The number of phenols is 1. The van der Waals surface area contributed by atoms with Crippen molar-refractivity contribution in [2.75, 3.05) is 13.6 Å². The first-order valence-electron chi connectivity index (χ1n) is 6.14. The highest BCUT2D eigenvalue weighted by Gasteiger charge is 2.29. The number of carbonyl (C=O) groups is 2. The zero-order valence-electron chi connectivity index (χ0n) is 11.7. The van der Waals surface area contributed by atoms with Crippen molar-refractivity contribution in [3.05, 3.63) is 29.8 Å². The Kier molecular flexibility index (Phi) is 8.72. The molecule has 22 heavy (non-hydrogen) atoms. The van der Waals surface area contributed by atoms with E-state index in [0.717, 1.165) is 5.56 Å². The average molecular weight is 317 g/mol. The third-order valence-corrected chi connectivity index (χ3v) is 2.46. The molecule has 0 spiro atoms. The number of rotatable bonds is 6. The second-order valence-corrected chi connectivity index (χ2v) is 4.23. The van der Waals surface area contributed by atoms with Crippen molar-refractivity contribution in [3.8, 4) is 5.75 Å². The molecular formula is C13H19NO8. The number of likely N-dealkylation sites (N-methyl/N-ethyl adjacent to an activating group) is 1. The van der Waals surface area contributed by atoms with Gasteiger partial charge in [-0.05, 0) is 24.7 Å². The number of carboxylic acid groups (broad SMARTS) is 2. The molecule has 0 fully saturated rings. The number of nitrogens with one attached hydrogen (secondary N) is 1. The Hall–Kier alpha value is -2.20. The maximum absolute atomic E-state index is 9.77. The van der Waals surface area contributed by atoms with Crippen molar-refractivity contribution < 1.29 is 40.2 Å². The topological polar surface area (TPSA) is 168 Å². The summed E-state index contributed by atoms with van der Waals surface area (Å²) in [5.74, 6) is -3.35. The van der Waals surface area contributed by atoms with Gasteiger partial charge in [0.1, 0.15) is 5.75 Å². The normalized spacial score (nSPS) is 14.2. The fourth-order valence-corrected chi connectivity index (χ4v) is 1.31. The zero-order valence-corrected chi connectivity index (χ0v) is 11.7. The highest BCUT2D eigenvalue weighted by Crippen LogP contribution is 2.17. The first kappa shape index (κ1) is 19.8. The van der Waals surface area contributed by atoms with Crippen LogP contribution >= 0.6 is 0 Å². The molecule has 0 saturated heterocycles. The number of aromatic hydroxyl groups is 1. The van der Waals surface area contributed by atoms with E-state index in [9.17, 15) is 14.7 Å². The molecule has 0 unspecified atom stereocenters. The van der Waals surface area contributed by atoms with Gasteiger partial charge in [0.2, 0.25) is 0 Å². The van der Waals surface area contributed by atoms with Crippen LogP contribution in [0.5, 0.6) is 5.75 Å². The van der Waals surface area contributed by atoms with Crippen molar-refractivity contribution >= 4 is 11.9 Å². The lowest BCUT2D eigenvalue weighted by atomic mass is 10.1. The van der Waals surface area contributed by atoms with E-state index >= 15 is 0 Å². The number of aliphatic hydroxyl groups excluding tert-OH is 3. The lowest BCUT2D eigenvalue weighted by molar-refractivity contribution is -0.165. The molecule has 1 aromatic rings. The number of aliphatic hydroxyl groups is 3. The Morgan fingerprint density at radius 2 is 1.59 bits per heavy atom. The van der Waals surface area contributed by atoms with E-state index in [-0.39, 0.29) is 5.75 Å². The molecule has 9 heteroatoms. The molecule has 1 rings (SSSR count). The second kappa shape index (κ2) is 9.68. The quantitative estimate of drug-likeness (QED) is 0.331. The summed E-state index contributed by atoms with van der Waals surface area (Å²) >= 11 is 0. The molecule has 124 valence electrons. The lowest BCUT2D eigenvalue weighted by Gasteiger charge is -2.09. The number of hydrogen-bond donors (Lipinski definition) is 7. The average Bonchev–Trinajstić information content (AvgIpc) is 2.46. The second-order valence-electron chi connectivity index (χ2n) is 4.23. The van der Waals surface area contributed by atoms with Gasteiger partial charge in [-0.15, -0.1) is 0 Å². The summed E-state index contributed by atoms with van der Waals surface area (Å²) in [5.41, 5.74) is 0.726. The fourth-order valence-electron chi connectivity index (χ4n) is 1.31. The van der Waals surface area contributed by atoms with Crippen LogP contribution in [0.1, 0.15) is 11.7 Å². The SMILES string of the molecule is CNC[C@H](O)c1cccc(O)c1.O=C(O)[C@H](O)[C@@H](O)C(=O)O. The number of carboxylic acids is 2. The van der Waals surface area contributed by atoms with Crippen LogP contribution in [0.4, 0.5) is 0 Å². The van der Waals surface area contributed by atoms with Crippen molar-refractivity contribution in [2.45, 2.75) is 18.3 Å². The molecule has 9 nitrogen and oxygen atoms in total. The summed E-state index contributed by atoms with van der Waals surface area (Å²) in [5, 5.41) is 53.9. The zero-order chi connectivity index (χ0) is 17.3. The predicted octanol–water partition coefficient (Wildman–Crippen LogP) is -1.48. The summed E-state index contributed by atoms with van der Waals surface area (Å²) in [7, 11) is 1.77. The van der Waals surface area contributed by atoms with Crippen molar-refractivity contribution in [1.29, 1.82) is 0 Å². The Labute approximate surface area is 126 Å². The monoisotopic (exact) mass is 317 g/mol. The minimum absolute atomic E-state index is 0.183. The molecular weight excluding hydrogens is 298 g/mol. The van der Waals surface area contributed by atoms with Crippen LogP contribution in [-0.4, -0.2) is 68.4 Å². The minimum atomic E-state index is -2.27. The molecule has 0 saturated carbocycles. The predicted molar refractivity (Wildman–Crippen MR) is 74.3 cm³/mol. The highest BCUT2D eigenvalue weighted by molar-refractivity contribution is 5.83. The van der Waals surface area contributed by atoms with Gasteiger partial charge in [0.25, 0.3) is 0 Å². The van der Waals surface area contributed by atoms with Gasteiger partial charge in [-0.3, -0.25) is 0 Å². The largest absolute Gasteiger partial charge is 0.508 e. The van der Waals surface area contributed by atoms with Gasteiger partial charge >= 0.3 is 11.9 Å². The van der Waals surface area contributed by atoms with Gasteiger partial charge in [-0.25, -0.2) is 9.59 Å². The van der Waals surface area contributed by atoms with E-state index in [1.807, 2.05) is 0 Å². The molecule has 0 radical (unpaired) electrons. The summed E-state index contributed by atoms with van der Waals surface area (Å²) in [4.78, 5) is 19.5. The standard InChI is InChI=1S/C9H13NO2.C4H6O6/c1-10-6-9(12)7-3-2-4-8(11)5-7;5-1(3(7)8)2(6)4(9)10/h2-5,9-12H,6H2,1H3;1-2,5-6H,(H,7,8)(H,9,10)/t9-;1-,2-/m01/s1. The third kappa shape index (κ3) is 6.99. The Balaban J connectivity index is 0.000000409. The van der Waals surface area contributed by atoms with Crippen molar-refractivity contribution in [3.63, 3.8) is 0 Å². The molecule has 7 N–H and O–H groups in total. The van der Waals surface area contributed by atoms with Crippen LogP contribution in [0, 0.1) is 0 Å². The summed E-state index contributed by atoms with van der Waals surface area (Å²) in [6.45, 7) is 0.490. The molecule has 0 heterocycles. The molecule has 0 aliphatic heterocycles. The smallest absolute Gasteiger partial charge is 0.335 e. The maximum Gasteiger partial charge on any atom is 0.335 e. The van der Waals surface area contributed by atoms with Crippen molar-refractivity contribution in [1.82, 2.24) is 5.32 Å². The summed E-state index contributed by atoms with van der Waals surface area (Å²) < 4.78 is 0.